The molecule has 2 aromatic heterocycles. The predicted octanol–water partition coefficient (Wildman–Crippen LogP) is 3.56. The highest BCUT2D eigenvalue weighted by Crippen LogP contribution is 2.22. The number of esters is 1. The number of carbonyl (C=O) groups is 1. The van der Waals surface area contributed by atoms with E-state index in [9.17, 15) is 9.18 Å². The first-order valence-electron chi connectivity index (χ1n) is 6.97. The summed E-state index contributed by atoms with van der Waals surface area (Å²) in [5.41, 5.74) is 2.24. The standard InChI is InChI=1S/C17H15FN2O2/c1-12(18)22-17(21)16-10-14-4-2-3-5-15(14)20(16)11-13-6-8-19-9-7-13/h2-10,12H,11H2,1H3. The smallest absolute Gasteiger partial charge is 0.357 e. The van der Waals surface area contributed by atoms with Crippen LogP contribution in [0.1, 0.15) is 23.0 Å². The summed E-state index contributed by atoms with van der Waals surface area (Å²) in [6, 6.07) is 13.1. The Morgan fingerprint density at radius 1 is 1.27 bits per heavy atom. The van der Waals surface area contributed by atoms with Gasteiger partial charge in [-0.3, -0.25) is 4.98 Å². The molecule has 1 atom stereocenters. The first-order valence-corrected chi connectivity index (χ1v) is 6.97. The lowest BCUT2D eigenvalue weighted by Gasteiger charge is -2.11. The van der Waals surface area contributed by atoms with Gasteiger partial charge in [-0.2, -0.15) is 0 Å². The minimum atomic E-state index is -1.64. The van der Waals surface area contributed by atoms with Crippen LogP contribution < -0.4 is 0 Å². The highest BCUT2D eigenvalue weighted by atomic mass is 19.1. The van der Waals surface area contributed by atoms with Crippen molar-refractivity contribution in [1.82, 2.24) is 9.55 Å². The minimum Gasteiger partial charge on any atom is -0.427 e. The van der Waals surface area contributed by atoms with Crippen LogP contribution in [0.4, 0.5) is 4.39 Å². The lowest BCUT2D eigenvalue weighted by Crippen LogP contribution is -2.16. The molecule has 2 heterocycles. The van der Waals surface area contributed by atoms with Gasteiger partial charge in [0.05, 0.1) is 0 Å². The van der Waals surface area contributed by atoms with E-state index in [1.165, 1.54) is 6.92 Å². The second-order valence-electron chi connectivity index (χ2n) is 4.98. The van der Waals surface area contributed by atoms with E-state index < -0.39 is 12.3 Å². The number of benzene rings is 1. The zero-order chi connectivity index (χ0) is 15.5. The number of hydrogen-bond acceptors (Lipinski definition) is 3. The molecule has 1 unspecified atom stereocenters. The van der Waals surface area contributed by atoms with E-state index in [1.807, 2.05) is 41.0 Å². The predicted molar refractivity (Wildman–Crippen MR) is 81.3 cm³/mol. The van der Waals surface area contributed by atoms with Gasteiger partial charge < -0.3 is 9.30 Å². The van der Waals surface area contributed by atoms with Gasteiger partial charge in [0.15, 0.2) is 0 Å². The number of halogens is 1. The van der Waals surface area contributed by atoms with Crippen LogP contribution in [0, 0.1) is 0 Å². The highest BCUT2D eigenvalue weighted by Gasteiger charge is 2.18. The Hall–Kier alpha value is -2.69. The third-order valence-corrected chi connectivity index (χ3v) is 3.38. The molecule has 0 aliphatic rings. The maximum absolute atomic E-state index is 13.0. The molecule has 0 saturated heterocycles. The van der Waals surface area contributed by atoms with Gasteiger partial charge in [0.2, 0.25) is 6.36 Å². The van der Waals surface area contributed by atoms with E-state index in [0.29, 0.717) is 12.2 Å². The van der Waals surface area contributed by atoms with Gasteiger partial charge in [-0.25, -0.2) is 9.18 Å². The summed E-state index contributed by atoms with van der Waals surface area (Å²) in [6.45, 7) is 1.68. The van der Waals surface area contributed by atoms with Crippen LogP contribution >= 0.6 is 0 Å². The van der Waals surface area contributed by atoms with Crippen molar-refractivity contribution in [2.45, 2.75) is 19.8 Å². The second-order valence-corrected chi connectivity index (χ2v) is 4.98. The Morgan fingerprint density at radius 2 is 2.00 bits per heavy atom. The van der Waals surface area contributed by atoms with E-state index in [2.05, 4.69) is 4.98 Å². The summed E-state index contributed by atoms with van der Waals surface area (Å²) in [5, 5.41) is 0.912. The summed E-state index contributed by atoms with van der Waals surface area (Å²) in [5.74, 6) is -0.666. The summed E-state index contributed by atoms with van der Waals surface area (Å²) in [7, 11) is 0. The average molecular weight is 298 g/mol. The van der Waals surface area contributed by atoms with Crippen LogP contribution in [-0.2, 0) is 11.3 Å². The van der Waals surface area contributed by atoms with Crippen molar-refractivity contribution in [1.29, 1.82) is 0 Å². The van der Waals surface area contributed by atoms with Crippen LogP contribution in [-0.4, -0.2) is 21.9 Å². The van der Waals surface area contributed by atoms with Crippen molar-refractivity contribution in [3.05, 3.63) is 66.1 Å². The number of carbonyl (C=O) groups excluding carboxylic acids is 1. The number of rotatable bonds is 4. The van der Waals surface area contributed by atoms with Crippen molar-refractivity contribution in [3.63, 3.8) is 0 Å². The van der Waals surface area contributed by atoms with Gasteiger partial charge in [-0.15, -0.1) is 0 Å². The topological polar surface area (TPSA) is 44.1 Å². The van der Waals surface area contributed by atoms with Crippen LogP contribution in [0.25, 0.3) is 10.9 Å². The zero-order valence-corrected chi connectivity index (χ0v) is 12.1. The lowest BCUT2D eigenvalue weighted by atomic mass is 10.2. The van der Waals surface area contributed by atoms with Crippen molar-refractivity contribution in [3.8, 4) is 0 Å². The molecule has 1 aromatic carbocycles. The molecule has 112 valence electrons. The van der Waals surface area contributed by atoms with E-state index in [4.69, 9.17) is 4.74 Å². The van der Waals surface area contributed by atoms with Gasteiger partial charge in [0.25, 0.3) is 0 Å². The molecule has 3 aromatic rings. The zero-order valence-electron chi connectivity index (χ0n) is 12.1. The number of aromatic nitrogens is 2. The minimum absolute atomic E-state index is 0.336. The first kappa shape index (κ1) is 14.3. The maximum Gasteiger partial charge on any atom is 0.357 e. The average Bonchev–Trinajstić information content (AvgIpc) is 2.87. The molecule has 4 nitrogen and oxygen atoms in total. The molecule has 0 N–H and O–H groups in total. The molecule has 0 aliphatic heterocycles. The quantitative estimate of drug-likeness (QED) is 0.692. The molecule has 0 aliphatic carbocycles. The number of alkyl halides is 1. The summed E-state index contributed by atoms with van der Waals surface area (Å²) < 4.78 is 19.5. The van der Waals surface area contributed by atoms with Crippen molar-refractivity contribution in [2.24, 2.45) is 0 Å². The fourth-order valence-electron chi connectivity index (χ4n) is 2.43. The Morgan fingerprint density at radius 3 is 2.73 bits per heavy atom. The van der Waals surface area contributed by atoms with Crippen LogP contribution in [0.3, 0.4) is 0 Å². The number of ether oxygens (including phenoxy) is 1. The molecule has 0 fully saturated rings. The van der Waals surface area contributed by atoms with Crippen LogP contribution in [0.5, 0.6) is 0 Å². The molecule has 0 bridgehead atoms. The molecule has 22 heavy (non-hydrogen) atoms. The van der Waals surface area contributed by atoms with Gasteiger partial charge in [0, 0.05) is 36.8 Å². The van der Waals surface area contributed by atoms with E-state index in [1.54, 1.807) is 18.5 Å². The summed E-state index contributed by atoms with van der Waals surface area (Å²) in [4.78, 5) is 16.1. The number of para-hydroxylation sites is 1. The molecule has 0 amide bonds. The maximum atomic E-state index is 13.0. The van der Waals surface area contributed by atoms with Crippen molar-refractivity contribution >= 4 is 16.9 Å². The Bertz CT molecular complexity index is 797. The largest absolute Gasteiger partial charge is 0.427 e. The summed E-state index contributed by atoms with van der Waals surface area (Å²) >= 11 is 0. The number of hydrogen-bond donors (Lipinski definition) is 0. The third kappa shape index (κ3) is 2.83. The Balaban J connectivity index is 2.07. The fraction of sp³-hybridized carbons (Fsp3) is 0.176. The van der Waals surface area contributed by atoms with Gasteiger partial charge in [-0.05, 0) is 29.8 Å². The van der Waals surface area contributed by atoms with E-state index in [0.717, 1.165) is 16.5 Å². The molecular weight excluding hydrogens is 283 g/mol. The number of fused-ring (bicyclic) bond motifs is 1. The lowest BCUT2D eigenvalue weighted by molar-refractivity contribution is -0.00671. The van der Waals surface area contributed by atoms with Gasteiger partial charge in [-0.1, -0.05) is 18.2 Å². The molecule has 5 heteroatoms. The third-order valence-electron chi connectivity index (χ3n) is 3.38. The van der Waals surface area contributed by atoms with Gasteiger partial charge in [0.1, 0.15) is 5.69 Å². The number of pyridine rings is 1. The molecule has 0 saturated carbocycles. The molecule has 3 rings (SSSR count). The van der Waals surface area contributed by atoms with Gasteiger partial charge >= 0.3 is 5.97 Å². The first-order chi connectivity index (χ1) is 10.6. The van der Waals surface area contributed by atoms with E-state index >= 15 is 0 Å². The second kappa shape index (κ2) is 5.97. The van der Waals surface area contributed by atoms with E-state index in [-0.39, 0.29) is 0 Å². The SMILES string of the molecule is CC(F)OC(=O)c1cc2ccccc2n1Cc1ccncc1. The fourth-order valence-corrected chi connectivity index (χ4v) is 2.43. The number of nitrogens with zero attached hydrogens (tertiary/aromatic N) is 2. The Labute approximate surface area is 127 Å². The highest BCUT2D eigenvalue weighted by molar-refractivity contribution is 5.95. The molecular formula is C17H15FN2O2. The summed E-state index contributed by atoms with van der Waals surface area (Å²) in [6.07, 6.45) is 1.76. The van der Waals surface area contributed by atoms with Crippen molar-refractivity contribution in [2.75, 3.05) is 0 Å². The normalized spacial score (nSPS) is 12.3. The molecule has 0 spiro atoms. The van der Waals surface area contributed by atoms with Crippen LogP contribution in [0.2, 0.25) is 0 Å². The molecule has 0 radical (unpaired) electrons. The Kier molecular flexibility index (Phi) is 3.87. The monoisotopic (exact) mass is 298 g/mol. The van der Waals surface area contributed by atoms with Crippen LogP contribution in [0.15, 0.2) is 54.9 Å². The van der Waals surface area contributed by atoms with Crippen molar-refractivity contribution < 1.29 is 13.9 Å².